The van der Waals surface area contributed by atoms with Gasteiger partial charge in [0.05, 0.1) is 16.3 Å². The third kappa shape index (κ3) is 3.64. The van der Waals surface area contributed by atoms with Crippen molar-refractivity contribution in [2.24, 2.45) is 0 Å². The molecule has 0 fully saturated rings. The number of carbonyl (C=O) groups is 1. The highest BCUT2D eigenvalue weighted by molar-refractivity contribution is 7.14. The predicted molar refractivity (Wildman–Crippen MR) is 94.8 cm³/mol. The molecule has 0 saturated heterocycles. The highest BCUT2D eigenvalue weighted by atomic mass is 35.5. The number of rotatable bonds is 3. The minimum atomic E-state index is -0.369. The summed E-state index contributed by atoms with van der Waals surface area (Å²) in [5.41, 5.74) is 1.69. The molecule has 3 aromatic rings. The van der Waals surface area contributed by atoms with Gasteiger partial charge in [0.15, 0.2) is 5.13 Å². The molecule has 23 heavy (non-hydrogen) atoms. The van der Waals surface area contributed by atoms with Crippen LogP contribution in [0.25, 0.3) is 11.3 Å². The monoisotopic (exact) mass is 383 g/mol. The van der Waals surface area contributed by atoms with Crippen LogP contribution in [0.1, 0.15) is 10.4 Å². The van der Waals surface area contributed by atoms with Gasteiger partial charge in [0, 0.05) is 22.2 Å². The van der Waals surface area contributed by atoms with Crippen molar-refractivity contribution in [1.82, 2.24) is 9.97 Å². The number of pyridine rings is 1. The van der Waals surface area contributed by atoms with Crippen molar-refractivity contribution < 1.29 is 4.79 Å². The van der Waals surface area contributed by atoms with Crippen molar-refractivity contribution in [3.63, 3.8) is 0 Å². The van der Waals surface area contributed by atoms with E-state index in [2.05, 4.69) is 15.3 Å². The van der Waals surface area contributed by atoms with Gasteiger partial charge in [0.2, 0.25) is 0 Å². The van der Waals surface area contributed by atoms with E-state index < -0.39 is 0 Å². The molecule has 0 saturated carbocycles. The molecule has 4 nitrogen and oxygen atoms in total. The van der Waals surface area contributed by atoms with E-state index in [0.29, 0.717) is 20.9 Å². The lowest BCUT2D eigenvalue weighted by Gasteiger charge is -2.03. The summed E-state index contributed by atoms with van der Waals surface area (Å²) in [6, 6.07) is 8.39. The largest absolute Gasteiger partial charge is 0.298 e. The standard InChI is InChI=1S/C15H8Cl3N3OS/c16-8-3-4-9(11(17)6-8)12-7-23-15(20-12)21-14(22)10-2-1-5-19-13(10)18/h1-7H,(H,20,21,22). The van der Waals surface area contributed by atoms with Crippen LogP contribution < -0.4 is 5.32 Å². The number of anilines is 1. The fourth-order valence-electron chi connectivity index (χ4n) is 1.87. The molecule has 0 aliphatic heterocycles. The SMILES string of the molecule is O=C(Nc1nc(-c2ccc(Cl)cc2Cl)cs1)c1cccnc1Cl. The number of aromatic nitrogens is 2. The molecule has 1 amide bonds. The second-order valence-corrected chi connectivity index (χ2v) is 6.52. The van der Waals surface area contributed by atoms with Crippen molar-refractivity contribution in [1.29, 1.82) is 0 Å². The fraction of sp³-hybridized carbons (Fsp3) is 0. The number of nitrogens with zero attached hydrogens (tertiary/aromatic N) is 2. The van der Waals surface area contributed by atoms with Crippen LogP contribution in [0.15, 0.2) is 41.9 Å². The van der Waals surface area contributed by atoms with Gasteiger partial charge in [0.1, 0.15) is 5.15 Å². The van der Waals surface area contributed by atoms with Gasteiger partial charge in [0.25, 0.3) is 5.91 Å². The summed E-state index contributed by atoms with van der Waals surface area (Å²) in [6.07, 6.45) is 1.52. The minimum Gasteiger partial charge on any atom is -0.298 e. The number of nitrogens with one attached hydrogen (secondary N) is 1. The summed E-state index contributed by atoms with van der Waals surface area (Å²) in [7, 11) is 0. The Bertz CT molecular complexity index is 882. The Labute approximate surface area is 151 Å². The predicted octanol–water partition coefficient (Wildman–Crippen LogP) is 5.42. The second-order valence-electron chi connectivity index (χ2n) is 4.46. The lowest BCUT2D eigenvalue weighted by atomic mass is 10.2. The first kappa shape index (κ1) is 16.2. The van der Waals surface area contributed by atoms with Gasteiger partial charge in [-0.05, 0) is 30.3 Å². The highest BCUT2D eigenvalue weighted by Gasteiger charge is 2.14. The first-order valence-corrected chi connectivity index (χ1v) is 8.39. The Kier molecular flexibility index (Phi) is 4.82. The zero-order valence-electron chi connectivity index (χ0n) is 11.4. The van der Waals surface area contributed by atoms with Crippen molar-refractivity contribution >= 4 is 57.2 Å². The maximum Gasteiger partial charge on any atom is 0.260 e. The van der Waals surface area contributed by atoms with E-state index in [4.69, 9.17) is 34.8 Å². The van der Waals surface area contributed by atoms with Gasteiger partial charge in [-0.15, -0.1) is 11.3 Å². The molecule has 0 atom stereocenters. The van der Waals surface area contributed by atoms with Crippen molar-refractivity contribution in [2.45, 2.75) is 0 Å². The lowest BCUT2D eigenvalue weighted by Crippen LogP contribution is -2.12. The van der Waals surface area contributed by atoms with E-state index in [9.17, 15) is 4.79 Å². The van der Waals surface area contributed by atoms with Crippen LogP contribution in [0.5, 0.6) is 0 Å². The zero-order chi connectivity index (χ0) is 16.4. The summed E-state index contributed by atoms with van der Waals surface area (Å²) in [6.45, 7) is 0. The van der Waals surface area contributed by atoms with Crippen LogP contribution in [-0.2, 0) is 0 Å². The fourth-order valence-corrected chi connectivity index (χ4v) is 3.29. The minimum absolute atomic E-state index is 0.141. The van der Waals surface area contributed by atoms with E-state index in [1.165, 1.54) is 17.5 Å². The van der Waals surface area contributed by atoms with E-state index in [-0.39, 0.29) is 16.6 Å². The molecule has 3 rings (SSSR count). The molecule has 0 spiro atoms. The maximum atomic E-state index is 12.2. The van der Waals surface area contributed by atoms with Crippen LogP contribution >= 0.6 is 46.1 Å². The van der Waals surface area contributed by atoms with Crippen molar-refractivity contribution in [3.05, 3.63) is 62.7 Å². The molecule has 0 radical (unpaired) electrons. The topological polar surface area (TPSA) is 54.9 Å². The van der Waals surface area contributed by atoms with Gasteiger partial charge in [-0.1, -0.05) is 34.8 Å². The number of hydrogen-bond acceptors (Lipinski definition) is 4. The molecule has 2 heterocycles. The smallest absolute Gasteiger partial charge is 0.260 e. The molecule has 1 aromatic carbocycles. The van der Waals surface area contributed by atoms with Crippen molar-refractivity contribution in [3.8, 4) is 11.3 Å². The Hall–Kier alpha value is -1.66. The molecular weight excluding hydrogens is 377 g/mol. The van der Waals surface area contributed by atoms with Crippen molar-refractivity contribution in [2.75, 3.05) is 5.32 Å². The van der Waals surface area contributed by atoms with E-state index in [1.807, 2.05) is 0 Å². The van der Waals surface area contributed by atoms with Crippen LogP contribution in [-0.4, -0.2) is 15.9 Å². The Morgan fingerprint density at radius 3 is 2.74 bits per heavy atom. The molecular formula is C15H8Cl3N3OS. The Morgan fingerprint density at radius 1 is 1.17 bits per heavy atom. The van der Waals surface area contributed by atoms with Gasteiger partial charge in [-0.25, -0.2) is 9.97 Å². The third-order valence-electron chi connectivity index (χ3n) is 2.94. The molecule has 116 valence electrons. The molecule has 0 unspecified atom stereocenters. The average molecular weight is 385 g/mol. The summed E-state index contributed by atoms with van der Waals surface area (Å²) >= 11 is 19.2. The normalized spacial score (nSPS) is 10.6. The summed E-state index contributed by atoms with van der Waals surface area (Å²) in [4.78, 5) is 20.4. The number of halogens is 3. The summed E-state index contributed by atoms with van der Waals surface area (Å²) in [5.74, 6) is -0.369. The third-order valence-corrected chi connectivity index (χ3v) is 4.54. The molecule has 0 aliphatic rings. The molecule has 0 aliphatic carbocycles. The van der Waals surface area contributed by atoms with Crippen LogP contribution in [0.4, 0.5) is 5.13 Å². The van der Waals surface area contributed by atoms with Crippen LogP contribution in [0, 0.1) is 0 Å². The molecule has 2 aromatic heterocycles. The Morgan fingerprint density at radius 2 is 2.00 bits per heavy atom. The Balaban J connectivity index is 1.82. The van der Waals surface area contributed by atoms with E-state index >= 15 is 0 Å². The van der Waals surface area contributed by atoms with Crippen LogP contribution in [0.3, 0.4) is 0 Å². The average Bonchev–Trinajstić information content (AvgIpc) is 2.95. The second kappa shape index (κ2) is 6.84. The van der Waals surface area contributed by atoms with Crippen LogP contribution in [0.2, 0.25) is 15.2 Å². The van der Waals surface area contributed by atoms with Gasteiger partial charge >= 0.3 is 0 Å². The first-order chi connectivity index (χ1) is 11.0. The molecule has 1 N–H and O–H groups in total. The number of amides is 1. The highest BCUT2D eigenvalue weighted by Crippen LogP contribution is 2.32. The van der Waals surface area contributed by atoms with Gasteiger partial charge in [-0.3, -0.25) is 10.1 Å². The number of benzene rings is 1. The number of carbonyl (C=O) groups excluding carboxylic acids is 1. The zero-order valence-corrected chi connectivity index (χ0v) is 14.5. The summed E-state index contributed by atoms with van der Waals surface area (Å²) < 4.78 is 0. The van der Waals surface area contributed by atoms with E-state index in [0.717, 1.165) is 5.56 Å². The van der Waals surface area contributed by atoms with Gasteiger partial charge < -0.3 is 0 Å². The first-order valence-electron chi connectivity index (χ1n) is 6.37. The number of thiazole rings is 1. The lowest BCUT2D eigenvalue weighted by molar-refractivity contribution is 0.102. The van der Waals surface area contributed by atoms with E-state index in [1.54, 1.807) is 35.7 Å². The molecule has 0 bridgehead atoms. The molecule has 8 heteroatoms. The quantitative estimate of drug-likeness (QED) is 0.614. The number of hydrogen-bond donors (Lipinski definition) is 1. The maximum absolute atomic E-state index is 12.2. The summed E-state index contributed by atoms with van der Waals surface area (Å²) in [5, 5.41) is 6.12. The van der Waals surface area contributed by atoms with Gasteiger partial charge in [-0.2, -0.15) is 0 Å².